The third-order valence-corrected chi connectivity index (χ3v) is 4.81. The SMILES string of the molecule is C[C@@H]1CN(S(=O)(=O)c2cc(N)ccc2F)C[C@H](C)O1. The third-order valence-electron chi connectivity index (χ3n) is 2.96. The molecule has 1 heterocycles. The second-order valence-electron chi connectivity index (χ2n) is 4.77. The number of nitrogens with zero attached hydrogens (tertiary/aromatic N) is 1. The molecule has 1 aliphatic heterocycles. The third kappa shape index (κ3) is 2.88. The first-order chi connectivity index (χ1) is 8.80. The average Bonchev–Trinajstić information content (AvgIpc) is 2.31. The van der Waals surface area contributed by atoms with Crippen LogP contribution in [-0.2, 0) is 14.8 Å². The van der Waals surface area contributed by atoms with Gasteiger partial charge in [0.25, 0.3) is 0 Å². The number of nitrogens with two attached hydrogens (primary N) is 1. The minimum absolute atomic E-state index is 0.209. The molecule has 1 saturated heterocycles. The summed E-state index contributed by atoms with van der Waals surface area (Å²) in [6, 6.07) is 3.55. The van der Waals surface area contributed by atoms with E-state index in [9.17, 15) is 12.8 Å². The maximum atomic E-state index is 13.7. The number of nitrogen functional groups attached to an aromatic ring is 1. The Morgan fingerprint density at radius 2 is 1.89 bits per heavy atom. The lowest BCUT2D eigenvalue weighted by Crippen LogP contribution is -2.48. The van der Waals surface area contributed by atoms with E-state index >= 15 is 0 Å². The van der Waals surface area contributed by atoms with Crippen LogP contribution in [-0.4, -0.2) is 38.0 Å². The summed E-state index contributed by atoms with van der Waals surface area (Å²) in [5.74, 6) is -0.791. The summed E-state index contributed by atoms with van der Waals surface area (Å²) in [6.45, 7) is 3.99. The van der Waals surface area contributed by atoms with Crippen molar-refractivity contribution in [2.75, 3.05) is 18.8 Å². The standard InChI is InChI=1S/C12H17FN2O3S/c1-8-6-15(7-9(2)18-8)19(16,17)12-5-10(14)3-4-11(12)13/h3-5,8-9H,6-7,14H2,1-2H3/t8-,9+. The van der Waals surface area contributed by atoms with Crippen LogP contribution in [0.3, 0.4) is 0 Å². The molecule has 106 valence electrons. The Balaban J connectivity index is 2.39. The Morgan fingerprint density at radius 3 is 2.47 bits per heavy atom. The second kappa shape index (κ2) is 5.07. The molecule has 2 N–H and O–H groups in total. The van der Waals surface area contributed by atoms with Crippen LogP contribution in [0, 0.1) is 5.82 Å². The fourth-order valence-electron chi connectivity index (χ4n) is 2.18. The largest absolute Gasteiger partial charge is 0.399 e. The van der Waals surface area contributed by atoms with Crippen molar-refractivity contribution in [3.8, 4) is 0 Å². The number of hydrogen-bond donors (Lipinski definition) is 1. The summed E-state index contributed by atoms with van der Waals surface area (Å²) < 4.78 is 45.3. The van der Waals surface area contributed by atoms with Gasteiger partial charge in [-0.1, -0.05) is 0 Å². The molecule has 7 heteroatoms. The highest BCUT2D eigenvalue weighted by atomic mass is 32.2. The van der Waals surface area contributed by atoms with Crippen molar-refractivity contribution < 1.29 is 17.5 Å². The van der Waals surface area contributed by atoms with Crippen LogP contribution < -0.4 is 5.73 Å². The van der Waals surface area contributed by atoms with Gasteiger partial charge < -0.3 is 10.5 Å². The lowest BCUT2D eigenvalue weighted by Gasteiger charge is -2.34. The maximum absolute atomic E-state index is 13.7. The Hall–Kier alpha value is -1.18. The number of halogens is 1. The molecule has 1 aliphatic rings. The molecular weight excluding hydrogens is 271 g/mol. The number of rotatable bonds is 2. The lowest BCUT2D eigenvalue weighted by molar-refractivity contribution is -0.0441. The van der Waals surface area contributed by atoms with E-state index in [-0.39, 0.29) is 35.9 Å². The van der Waals surface area contributed by atoms with Crippen molar-refractivity contribution in [1.29, 1.82) is 0 Å². The highest BCUT2D eigenvalue weighted by Crippen LogP contribution is 2.24. The molecule has 0 unspecified atom stereocenters. The molecule has 1 aromatic rings. The molecular formula is C12H17FN2O3S. The van der Waals surface area contributed by atoms with Crippen molar-refractivity contribution in [3.63, 3.8) is 0 Å². The van der Waals surface area contributed by atoms with E-state index in [0.29, 0.717) is 0 Å². The van der Waals surface area contributed by atoms with Gasteiger partial charge in [-0.25, -0.2) is 12.8 Å². The van der Waals surface area contributed by atoms with Gasteiger partial charge in [-0.15, -0.1) is 0 Å². The molecule has 0 spiro atoms. The molecule has 0 amide bonds. The molecule has 2 atom stereocenters. The van der Waals surface area contributed by atoms with Crippen LogP contribution in [0.25, 0.3) is 0 Å². The number of hydrogen-bond acceptors (Lipinski definition) is 4. The van der Waals surface area contributed by atoms with Gasteiger partial charge in [0.2, 0.25) is 10.0 Å². The first-order valence-corrected chi connectivity index (χ1v) is 7.45. The zero-order chi connectivity index (χ0) is 14.2. The van der Waals surface area contributed by atoms with Gasteiger partial charge in [-0.3, -0.25) is 0 Å². The van der Waals surface area contributed by atoms with E-state index in [2.05, 4.69) is 0 Å². The van der Waals surface area contributed by atoms with Crippen molar-refractivity contribution in [2.24, 2.45) is 0 Å². The van der Waals surface area contributed by atoms with E-state index in [1.54, 1.807) is 13.8 Å². The van der Waals surface area contributed by atoms with Gasteiger partial charge in [0.15, 0.2) is 0 Å². The molecule has 5 nitrogen and oxygen atoms in total. The average molecular weight is 288 g/mol. The number of sulfonamides is 1. The first kappa shape index (κ1) is 14.2. The number of benzene rings is 1. The Morgan fingerprint density at radius 1 is 1.32 bits per heavy atom. The van der Waals surface area contributed by atoms with E-state index in [1.165, 1.54) is 10.4 Å². The summed E-state index contributed by atoms with van der Waals surface area (Å²) in [7, 11) is -3.88. The van der Waals surface area contributed by atoms with Crippen LogP contribution in [0.15, 0.2) is 23.1 Å². The molecule has 1 aromatic carbocycles. The fourth-order valence-corrected chi connectivity index (χ4v) is 3.87. The highest BCUT2D eigenvalue weighted by molar-refractivity contribution is 7.89. The predicted molar refractivity (Wildman–Crippen MR) is 69.6 cm³/mol. The molecule has 0 aliphatic carbocycles. The maximum Gasteiger partial charge on any atom is 0.246 e. The molecule has 19 heavy (non-hydrogen) atoms. The van der Waals surface area contributed by atoms with Gasteiger partial charge in [0.05, 0.1) is 12.2 Å². The van der Waals surface area contributed by atoms with Gasteiger partial charge in [-0.05, 0) is 32.0 Å². The van der Waals surface area contributed by atoms with Crippen molar-refractivity contribution in [2.45, 2.75) is 31.0 Å². The van der Waals surface area contributed by atoms with Crippen LogP contribution in [0.5, 0.6) is 0 Å². The molecule has 0 aromatic heterocycles. The summed E-state index contributed by atoms with van der Waals surface area (Å²) in [5.41, 5.74) is 5.75. The predicted octanol–water partition coefficient (Wildman–Crippen LogP) is 1.21. The highest BCUT2D eigenvalue weighted by Gasteiger charge is 2.33. The van der Waals surface area contributed by atoms with Gasteiger partial charge in [0, 0.05) is 18.8 Å². The van der Waals surface area contributed by atoms with Gasteiger partial charge >= 0.3 is 0 Å². The Bertz CT molecular complexity index is 566. The minimum Gasteiger partial charge on any atom is -0.399 e. The number of anilines is 1. The van der Waals surface area contributed by atoms with E-state index in [4.69, 9.17) is 10.5 Å². The lowest BCUT2D eigenvalue weighted by atomic mass is 10.3. The monoisotopic (exact) mass is 288 g/mol. The summed E-state index contributed by atoms with van der Waals surface area (Å²) >= 11 is 0. The van der Waals surface area contributed by atoms with Crippen LogP contribution >= 0.6 is 0 Å². The fraction of sp³-hybridized carbons (Fsp3) is 0.500. The van der Waals surface area contributed by atoms with Gasteiger partial charge in [0.1, 0.15) is 10.7 Å². The van der Waals surface area contributed by atoms with Crippen LogP contribution in [0.4, 0.5) is 10.1 Å². The smallest absolute Gasteiger partial charge is 0.246 e. The Labute approximate surface area is 112 Å². The van der Waals surface area contributed by atoms with Crippen LogP contribution in [0.1, 0.15) is 13.8 Å². The topological polar surface area (TPSA) is 72.6 Å². The molecule has 0 radical (unpaired) electrons. The van der Waals surface area contributed by atoms with Crippen molar-refractivity contribution in [3.05, 3.63) is 24.0 Å². The van der Waals surface area contributed by atoms with E-state index < -0.39 is 15.8 Å². The quantitative estimate of drug-likeness (QED) is 0.830. The first-order valence-electron chi connectivity index (χ1n) is 6.01. The summed E-state index contributed by atoms with van der Waals surface area (Å²) in [5, 5.41) is 0. The van der Waals surface area contributed by atoms with E-state index in [0.717, 1.165) is 12.1 Å². The Kier molecular flexibility index (Phi) is 3.80. The molecule has 0 bridgehead atoms. The van der Waals surface area contributed by atoms with Crippen molar-refractivity contribution >= 4 is 15.7 Å². The summed E-state index contributed by atoms with van der Waals surface area (Å²) in [4.78, 5) is -0.381. The zero-order valence-corrected chi connectivity index (χ0v) is 11.7. The second-order valence-corrected chi connectivity index (χ2v) is 6.68. The summed E-state index contributed by atoms with van der Waals surface area (Å²) in [6.07, 6.45) is -0.440. The molecule has 1 fully saturated rings. The zero-order valence-electron chi connectivity index (χ0n) is 10.8. The normalized spacial score (nSPS) is 25.4. The number of morpholine rings is 1. The minimum atomic E-state index is -3.88. The molecule has 0 saturated carbocycles. The number of ether oxygens (including phenoxy) is 1. The van der Waals surface area contributed by atoms with Crippen LogP contribution in [0.2, 0.25) is 0 Å². The van der Waals surface area contributed by atoms with E-state index in [1.807, 2.05) is 0 Å². The van der Waals surface area contributed by atoms with Crippen molar-refractivity contribution in [1.82, 2.24) is 4.31 Å². The molecule has 2 rings (SSSR count). The van der Waals surface area contributed by atoms with Gasteiger partial charge in [-0.2, -0.15) is 4.31 Å².